The Bertz CT molecular complexity index is 861. The second-order valence-corrected chi connectivity index (χ2v) is 5.99. The molecule has 0 saturated carbocycles. The maximum absolute atomic E-state index is 4.70. The molecule has 5 nitrogen and oxygen atoms in total. The van der Waals surface area contributed by atoms with E-state index >= 15 is 0 Å². The van der Waals surface area contributed by atoms with E-state index in [1.165, 1.54) is 5.56 Å². The first-order valence-electron chi connectivity index (χ1n) is 7.97. The SMILES string of the molecule is CNC1(Cc2ccccc2)C=Nc2cc(-c3cn[nH]c3)ccc2N1.Cl. The molecule has 0 spiro atoms. The number of aromatic amines is 1. The highest BCUT2D eigenvalue weighted by atomic mass is 35.5. The lowest BCUT2D eigenvalue weighted by Crippen LogP contribution is -2.54. The van der Waals surface area contributed by atoms with Gasteiger partial charge in [0.15, 0.2) is 0 Å². The number of halogens is 1. The molecule has 2 heterocycles. The van der Waals surface area contributed by atoms with Crippen molar-refractivity contribution >= 4 is 30.0 Å². The summed E-state index contributed by atoms with van der Waals surface area (Å²) in [6.07, 6.45) is 6.47. The first kappa shape index (κ1) is 17.2. The third kappa shape index (κ3) is 3.43. The van der Waals surface area contributed by atoms with Gasteiger partial charge >= 0.3 is 0 Å². The summed E-state index contributed by atoms with van der Waals surface area (Å²) in [7, 11) is 1.95. The van der Waals surface area contributed by atoms with Gasteiger partial charge in [0.25, 0.3) is 0 Å². The number of rotatable bonds is 4. The lowest BCUT2D eigenvalue weighted by molar-refractivity contribution is 0.532. The molecule has 1 aromatic heterocycles. The summed E-state index contributed by atoms with van der Waals surface area (Å²) in [5, 5.41) is 13.8. The zero-order chi connectivity index (χ0) is 16.4. The Morgan fingerprint density at radius 1 is 1.08 bits per heavy atom. The predicted molar refractivity (Wildman–Crippen MR) is 105 cm³/mol. The van der Waals surface area contributed by atoms with Gasteiger partial charge in [0.2, 0.25) is 0 Å². The summed E-state index contributed by atoms with van der Waals surface area (Å²) < 4.78 is 0. The molecular weight excluding hydrogens is 334 g/mol. The third-order valence-corrected chi connectivity index (χ3v) is 4.38. The third-order valence-electron chi connectivity index (χ3n) is 4.38. The Kier molecular flexibility index (Phi) is 4.88. The van der Waals surface area contributed by atoms with Crippen LogP contribution in [0.1, 0.15) is 5.56 Å². The number of fused-ring (bicyclic) bond motifs is 1. The molecule has 1 aliphatic heterocycles. The molecule has 3 N–H and O–H groups in total. The largest absolute Gasteiger partial charge is 0.361 e. The van der Waals surface area contributed by atoms with Gasteiger partial charge in [-0.15, -0.1) is 12.4 Å². The second kappa shape index (κ2) is 7.09. The average Bonchev–Trinajstić information content (AvgIpc) is 3.17. The van der Waals surface area contributed by atoms with Crippen LogP contribution in [0.4, 0.5) is 11.4 Å². The fourth-order valence-corrected chi connectivity index (χ4v) is 3.01. The maximum Gasteiger partial charge on any atom is 0.129 e. The van der Waals surface area contributed by atoms with Crippen molar-refractivity contribution in [3.63, 3.8) is 0 Å². The van der Waals surface area contributed by atoms with E-state index in [4.69, 9.17) is 4.99 Å². The van der Waals surface area contributed by atoms with Gasteiger partial charge in [-0.1, -0.05) is 36.4 Å². The normalized spacial score (nSPS) is 18.1. The van der Waals surface area contributed by atoms with Crippen molar-refractivity contribution in [2.24, 2.45) is 4.99 Å². The number of nitrogens with one attached hydrogen (secondary N) is 3. The molecule has 0 saturated heterocycles. The predicted octanol–water partition coefficient (Wildman–Crippen LogP) is 3.78. The minimum Gasteiger partial charge on any atom is -0.361 e. The number of nitrogens with zero attached hydrogens (tertiary/aromatic N) is 2. The Morgan fingerprint density at radius 3 is 2.64 bits per heavy atom. The summed E-state index contributed by atoms with van der Waals surface area (Å²) in [4.78, 5) is 4.70. The smallest absolute Gasteiger partial charge is 0.129 e. The van der Waals surface area contributed by atoms with Crippen LogP contribution in [0.5, 0.6) is 0 Å². The minimum atomic E-state index is -0.383. The van der Waals surface area contributed by atoms with Crippen LogP contribution in [-0.4, -0.2) is 29.1 Å². The van der Waals surface area contributed by atoms with Gasteiger partial charge in [0, 0.05) is 24.4 Å². The van der Waals surface area contributed by atoms with Gasteiger partial charge in [-0.05, 0) is 30.3 Å². The molecule has 128 valence electrons. The molecule has 1 unspecified atom stereocenters. The van der Waals surface area contributed by atoms with Gasteiger partial charge in [-0.25, -0.2) is 0 Å². The molecule has 0 fully saturated rings. The summed E-state index contributed by atoms with van der Waals surface area (Å²) in [6.45, 7) is 0. The average molecular weight is 354 g/mol. The molecule has 6 heteroatoms. The quantitative estimate of drug-likeness (QED) is 0.668. The molecule has 0 bridgehead atoms. The number of benzene rings is 2. The van der Waals surface area contributed by atoms with Crippen molar-refractivity contribution in [1.82, 2.24) is 15.5 Å². The van der Waals surface area contributed by atoms with E-state index in [1.54, 1.807) is 0 Å². The van der Waals surface area contributed by atoms with Crippen LogP contribution in [0.2, 0.25) is 0 Å². The lowest BCUT2D eigenvalue weighted by atomic mass is 9.97. The lowest BCUT2D eigenvalue weighted by Gasteiger charge is -2.35. The topological polar surface area (TPSA) is 65.1 Å². The van der Waals surface area contributed by atoms with Crippen LogP contribution in [0.3, 0.4) is 0 Å². The molecule has 0 radical (unpaired) electrons. The Morgan fingerprint density at radius 2 is 1.92 bits per heavy atom. The van der Waals surface area contributed by atoms with E-state index in [1.807, 2.05) is 31.7 Å². The Hall–Kier alpha value is -2.63. The Labute approximate surface area is 153 Å². The van der Waals surface area contributed by atoms with Gasteiger partial charge < -0.3 is 5.32 Å². The molecule has 4 rings (SSSR count). The van der Waals surface area contributed by atoms with Gasteiger partial charge in [0.1, 0.15) is 5.66 Å². The van der Waals surface area contributed by atoms with Crippen molar-refractivity contribution in [3.05, 3.63) is 66.5 Å². The number of likely N-dealkylation sites (N-methyl/N-ethyl adjacent to an activating group) is 1. The van der Waals surface area contributed by atoms with Crippen LogP contribution in [-0.2, 0) is 6.42 Å². The molecular formula is C19H20ClN5. The number of anilines is 1. The minimum absolute atomic E-state index is 0. The van der Waals surface area contributed by atoms with Crippen molar-refractivity contribution in [2.75, 3.05) is 12.4 Å². The Balaban J connectivity index is 0.00000182. The van der Waals surface area contributed by atoms with E-state index in [0.717, 1.165) is 28.9 Å². The van der Waals surface area contributed by atoms with Crippen LogP contribution in [0.25, 0.3) is 11.1 Å². The van der Waals surface area contributed by atoms with Crippen LogP contribution < -0.4 is 10.6 Å². The monoisotopic (exact) mass is 353 g/mol. The summed E-state index contributed by atoms with van der Waals surface area (Å²) in [6, 6.07) is 16.6. The van der Waals surface area contributed by atoms with Gasteiger partial charge in [0.05, 0.1) is 17.6 Å². The van der Waals surface area contributed by atoms with Crippen molar-refractivity contribution in [1.29, 1.82) is 0 Å². The number of H-pyrrole nitrogens is 1. The van der Waals surface area contributed by atoms with Crippen LogP contribution in [0, 0.1) is 0 Å². The van der Waals surface area contributed by atoms with E-state index in [9.17, 15) is 0 Å². The zero-order valence-corrected chi connectivity index (χ0v) is 14.7. The van der Waals surface area contributed by atoms with Gasteiger partial charge in [-0.2, -0.15) is 5.10 Å². The fourth-order valence-electron chi connectivity index (χ4n) is 3.01. The molecule has 0 amide bonds. The van der Waals surface area contributed by atoms with Crippen molar-refractivity contribution in [3.8, 4) is 11.1 Å². The molecule has 0 aliphatic carbocycles. The summed E-state index contributed by atoms with van der Waals surface area (Å²) >= 11 is 0. The second-order valence-electron chi connectivity index (χ2n) is 5.99. The van der Waals surface area contributed by atoms with Crippen LogP contribution >= 0.6 is 12.4 Å². The molecule has 1 aliphatic rings. The molecule has 25 heavy (non-hydrogen) atoms. The molecule has 2 aromatic carbocycles. The first-order valence-corrected chi connectivity index (χ1v) is 7.97. The fraction of sp³-hybridized carbons (Fsp3) is 0.158. The van der Waals surface area contributed by atoms with Crippen molar-refractivity contribution in [2.45, 2.75) is 12.1 Å². The summed E-state index contributed by atoms with van der Waals surface area (Å²) in [5.41, 5.74) is 4.99. The highest BCUT2D eigenvalue weighted by Gasteiger charge is 2.30. The standard InChI is InChI=1S/C19H19N5.ClH/c1-20-19(10-14-5-3-2-4-6-14)13-21-18-9-15(7-8-17(18)24-19)16-11-22-23-12-16;/h2-9,11-13,20,24H,10H2,1H3,(H,22,23);1H. The van der Waals surface area contributed by atoms with E-state index < -0.39 is 0 Å². The van der Waals surface area contributed by atoms with Crippen LogP contribution in [0.15, 0.2) is 65.9 Å². The number of aromatic nitrogens is 2. The highest BCUT2D eigenvalue weighted by molar-refractivity contribution is 5.88. The summed E-state index contributed by atoms with van der Waals surface area (Å²) in [5.74, 6) is 0. The van der Waals surface area contributed by atoms with E-state index in [0.29, 0.717) is 0 Å². The molecule has 3 aromatic rings. The molecule has 1 atom stereocenters. The van der Waals surface area contributed by atoms with E-state index in [2.05, 4.69) is 63.3 Å². The zero-order valence-electron chi connectivity index (χ0n) is 13.9. The number of hydrogen-bond donors (Lipinski definition) is 3. The van der Waals surface area contributed by atoms with E-state index in [-0.39, 0.29) is 18.1 Å². The highest BCUT2D eigenvalue weighted by Crippen LogP contribution is 2.35. The van der Waals surface area contributed by atoms with Crippen molar-refractivity contribution < 1.29 is 0 Å². The number of aliphatic imine (C=N–C) groups is 1. The first-order chi connectivity index (χ1) is 11.8. The maximum atomic E-state index is 4.70. The van der Waals surface area contributed by atoms with Gasteiger partial charge in [-0.3, -0.25) is 15.4 Å². The number of hydrogen-bond acceptors (Lipinski definition) is 4.